The molecule has 0 atom stereocenters. The SMILES string of the molecule is O=C(NCCc1ccco1)c1sc2cccc(F)c2c1COc1ccccc1. The minimum Gasteiger partial charge on any atom is -0.489 e. The van der Waals surface area contributed by atoms with Gasteiger partial charge in [-0.1, -0.05) is 24.3 Å². The monoisotopic (exact) mass is 395 g/mol. The van der Waals surface area contributed by atoms with Crippen molar-refractivity contribution in [3.05, 3.63) is 88.9 Å². The first-order valence-corrected chi connectivity index (χ1v) is 9.72. The first kappa shape index (κ1) is 18.3. The molecule has 28 heavy (non-hydrogen) atoms. The van der Waals surface area contributed by atoms with Gasteiger partial charge in [0.25, 0.3) is 5.91 Å². The van der Waals surface area contributed by atoms with E-state index in [0.717, 1.165) is 10.5 Å². The average molecular weight is 395 g/mol. The summed E-state index contributed by atoms with van der Waals surface area (Å²) in [6.07, 6.45) is 2.19. The zero-order valence-electron chi connectivity index (χ0n) is 15.0. The molecule has 4 aromatic rings. The number of benzene rings is 2. The number of rotatable bonds is 7. The van der Waals surface area contributed by atoms with E-state index in [9.17, 15) is 9.18 Å². The van der Waals surface area contributed by atoms with Gasteiger partial charge in [0.1, 0.15) is 23.9 Å². The Labute approximate surface area is 165 Å². The Morgan fingerprint density at radius 1 is 1.07 bits per heavy atom. The van der Waals surface area contributed by atoms with Crippen LogP contribution in [0.5, 0.6) is 5.75 Å². The van der Waals surface area contributed by atoms with Gasteiger partial charge in [-0.2, -0.15) is 0 Å². The van der Waals surface area contributed by atoms with Gasteiger partial charge in [0, 0.05) is 28.6 Å². The third-order valence-corrected chi connectivity index (χ3v) is 5.53. The molecule has 0 aliphatic carbocycles. The summed E-state index contributed by atoms with van der Waals surface area (Å²) < 4.78 is 26.3. The molecule has 0 radical (unpaired) electrons. The van der Waals surface area contributed by atoms with Gasteiger partial charge in [0.05, 0.1) is 11.1 Å². The molecule has 2 aromatic heterocycles. The number of amides is 1. The predicted molar refractivity (Wildman–Crippen MR) is 107 cm³/mol. The number of thiophene rings is 1. The van der Waals surface area contributed by atoms with Crippen molar-refractivity contribution in [2.75, 3.05) is 6.54 Å². The Kier molecular flexibility index (Phi) is 5.39. The van der Waals surface area contributed by atoms with Crippen molar-refractivity contribution < 1.29 is 18.3 Å². The first-order chi connectivity index (χ1) is 13.7. The molecule has 0 unspecified atom stereocenters. The minimum atomic E-state index is -0.352. The van der Waals surface area contributed by atoms with Crippen LogP contribution in [0, 0.1) is 5.82 Å². The molecule has 4 nitrogen and oxygen atoms in total. The number of ether oxygens (including phenoxy) is 1. The maximum atomic E-state index is 14.5. The fourth-order valence-electron chi connectivity index (χ4n) is 3.00. The number of carbonyl (C=O) groups is 1. The molecule has 0 bridgehead atoms. The van der Waals surface area contributed by atoms with Crippen LogP contribution in [-0.2, 0) is 13.0 Å². The van der Waals surface area contributed by atoms with Crippen LogP contribution in [0.1, 0.15) is 21.0 Å². The number of halogens is 1. The summed E-state index contributed by atoms with van der Waals surface area (Å²) in [6.45, 7) is 0.550. The number of hydrogen-bond donors (Lipinski definition) is 1. The topological polar surface area (TPSA) is 51.5 Å². The summed E-state index contributed by atoms with van der Waals surface area (Å²) in [4.78, 5) is 13.2. The van der Waals surface area contributed by atoms with Crippen LogP contribution in [0.4, 0.5) is 4.39 Å². The van der Waals surface area contributed by atoms with E-state index in [2.05, 4.69) is 5.32 Å². The lowest BCUT2D eigenvalue weighted by Crippen LogP contribution is -2.25. The Hall–Kier alpha value is -3.12. The fraction of sp³-hybridized carbons (Fsp3) is 0.136. The fourth-order valence-corrected chi connectivity index (χ4v) is 4.13. The number of fused-ring (bicyclic) bond motifs is 1. The summed E-state index contributed by atoms with van der Waals surface area (Å²) in [5.41, 5.74) is 0.567. The highest BCUT2D eigenvalue weighted by atomic mass is 32.1. The Morgan fingerprint density at radius 3 is 2.71 bits per heavy atom. The van der Waals surface area contributed by atoms with Gasteiger partial charge in [-0.15, -0.1) is 11.3 Å². The zero-order valence-corrected chi connectivity index (χ0v) is 15.8. The third-order valence-electron chi connectivity index (χ3n) is 4.33. The first-order valence-electron chi connectivity index (χ1n) is 8.90. The van der Waals surface area contributed by atoms with Crippen molar-refractivity contribution in [3.8, 4) is 5.75 Å². The van der Waals surface area contributed by atoms with Crippen LogP contribution < -0.4 is 10.1 Å². The summed E-state index contributed by atoms with van der Waals surface area (Å²) in [6, 6.07) is 17.8. The quantitative estimate of drug-likeness (QED) is 0.469. The van der Waals surface area contributed by atoms with E-state index in [1.54, 1.807) is 12.3 Å². The molecule has 2 heterocycles. The van der Waals surface area contributed by atoms with Crippen LogP contribution >= 0.6 is 11.3 Å². The second kappa shape index (κ2) is 8.27. The maximum Gasteiger partial charge on any atom is 0.261 e. The van der Waals surface area contributed by atoms with Crippen LogP contribution in [0.15, 0.2) is 71.3 Å². The number of nitrogens with one attached hydrogen (secondary N) is 1. The van der Waals surface area contributed by atoms with Crippen molar-refractivity contribution in [3.63, 3.8) is 0 Å². The third kappa shape index (κ3) is 3.92. The molecule has 6 heteroatoms. The molecule has 2 aromatic carbocycles. The maximum absolute atomic E-state index is 14.5. The predicted octanol–water partition coefficient (Wildman–Crippen LogP) is 5.18. The normalized spacial score (nSPS) is 10.9. The second-order valence-corrected chi connectivity index (χ2v) is 7.26. The molecule has 142 valence electrons. The Bertz CT molecular complexity index is 1070. The number of hydrogen-bond acceptors (Lipinski definition) is 4. The lowest BCUT2D eigenvalue weighted by molar-refractivity contribution is 0.0955. The number of para-hydroxylation sites is 1. The molecule has 1 amide bonds. The van der Waals surface area contributed by atoms with Crippen molar-refractivity contribution in [2.45, 2.75) is 13.0 Å². The van der Waals surface area contributed by atoms with Crippen molar-refractivity contribution in [2.24, 2.45) is 0 Å². The van der Waals surface area contributed by atoms with E-state index >= 15 is 0 Å². The summed E-state index contributed by atoms with van der Waals surface area (Å²) in [5, 5.41) is 3.33. The Balaban J connectivity index is 1.57. The van der Waals surface area contributed by atoms with Crippen LogP contribution in [0.3, 0.4) is 0 Å². The summed E-state index contributed by atoms with van der Waals surface area (Å²) in [7, 11) is 0. The highest BCUT2D eigenvalue weighted by Gasteiger charge is 2.21. The summed E-state index contributed by atoms with van der Waals surface area (Å²) >= 11 is 1.27. The van der Waals surface area contributed by atoms with E-state index < -0.39 is 0 Å². The van der Waals surface area contributed by atoms with E-state index in [-0.39, 0.29) is 18.3 Å². The van der Waals surface area contributed by atoms with E-state index in [1.807, 2.05) is 48.5 Å². The number of furan rings is 1. The van der Waals surface area contributed by atoms with Crippen LogP contribution in [0.25, 0.3) is 10.1 Å². The average Bonchev–Trinajstić information content (AvgIpc) is 3.35. The second-order valence-electron chi connectivity index (χ2n) is 6.21. The largest absolute Gasteiger partial charge is 0.489 e. The molecule has 0 fully saturated rings. The molecule has 4 rings (SSSR count). The van der Waals surface area contributed by atoms with Crippen LogP contribution in [-0.4, -0.2) is 12.5 Å². The van der Waals surface area contributed by atoms with Gasteiger partial charge in [-0.25, -0.2) is 4.39 Å². The van der Waals surface area contributed by atoms with E-state index in [4.69, 9.17) is 9.15 Å². The van der Waals surface area contributed by atoms with Gasteiger partial charge < -0.3 is 14.5 Å². The molecule has 1 N–H and O–H groups in total. The molecule has 0 spiro atoms. The van der Waals surface area contributed by atoms with Gasteiger partial charge >= 0.3 is 0 Å². The van der Waals surface area contributed by atoms with Gasteiger partial charge in [-0.3, -0.25) is 4.79 Å². The lowest BCUT2D eigenvalue weighted by Gasteiger charge is -2.09. The standard InChI is InChI=1S/C22H18FNO3S/c23-18-9-4-10-19-20(18)17(14-27-15-6-2-1-3-7-15)21(28-19)22(25)24-12-11-16-8-5-13-26-16/h1-10,13H,11-12,14H2,(H,24,25). The molecule has 0 saturated heterocycles. The van der Waals surface area contributed by atoms with Gasteiger partial charge in [-0.05, 0) is 36.4 Å². The highest BCUT2D eigenvalue weighted by molar-refractivity contribution is 7.21. The van der Waals surface area contributed by atoms with Crippen molar-refractivity contribution in [1.29, 1.82) is 0 Å². The smallest absolute Gasteiger partial charge is 0.261 e. The molecular formula is C22H18FNO3S. The number of carbonyl (C=O) groups excluding carboxylic acids is 1. The van der Waals surface area contributed by atoms with Crippen molar-refractivity contribution in [1.82, 2.24) is 5.32 Å². The molecule has 0 saturated carbocycles. The molecule has 0 aliphatic rings. The van der Waals surface area contributed by atoms with E-state index in [0.29, 0.717) is 34.5 Å². The van der Waals surface area contributed by atoms with Gasteiger partial charge in [0.15, 0.2) is 0 Å². The molecular weight excluding hydrogens is 377 g/mol. The van der Waals surface area contributed by atoms with E-state index in [1.165, 1.54) is 17.4 Å². The Morgan fingerprint density at radius 2 is 1.93 bits per heavy atom. The van der Waals surface area contributed by atoms with Crippen molar-refractivity contribution >= 4 is 27.3 Å². The van der Waals surface area contributed by atoms with Gasteiger partial charge in [0.2, 0.25) is 0 Å². The van der Waals surface area contributed by atoms with Crippen LogP contribution in [0.2, 0.25) is 0 Å². The minimum absolute atomic E-state index is 0.117. The summed E-state index contributed by atoms with van der Waals surface area (Å²) in [5.74, 6) is 0.881. The zero-order chi connectivity index (χ0) is 19.3. The molecule has 0 aliphatic heterocycles. The highest BCUT2D eigenvalue weighted by Crippen LogP contribution is 2.34. The lowest BCUT2D eigenvalue weighted by atomic mass is 10.1.